The van der Waals surface area contributed by atoms with Crippen LogP contribution in [0.1, 0.15) is 18.9 Å². The summed E-state index contributed by atoms with van der Waals surface area (Å²) in [7, 11) is 2.05. The SMILES string of the molecule is CCN(C(=O)CCNC(=O)Cc1ccccc1)C1CN(C)C1. The Hall–Kier alpha value is -1.88. The number of amides is 2. The quantitative estimate of drug-likeness (QED) is 0.814. The Morgan fingerprint density at radius 2 is 1.95 bits per heavy atom. The maximum atomic E-state index is 12.2. The predicted octanol–water partition coefficient (Wildman–Crippen LogP) is 0.898. The van der Waals surface area contributed by atoms with Crippen molar-refractivity contribution in [1.29, 1.82) is 0 Å². The number of nitrogens with one attached hydrogen (secondary N) is 1. The van der Waals surface area contributed by atoms with Gasteiger partial charge >= 0.3 is 0 Å². The van der Waals surface area contributed by atoms with Crippen LogP contribution in [-0.4, -0.2) is 60.9 Å². The van der Waals surface area contributed by atoms with Crippen LogP contribution in [0.4, 0.5) is 0 Å². The minimum absolute atomic E-state index is 0.0366. The number of rotatable bonds is 7. The van der Waals surface area contributed by atoms with Crippen molar-refractivity contribution < 1.29 is 9.59 Å². The molecule has 1 fully saturated rings. The van der Waals surface area contributed by atoms with E-state index in [4.69, 9.17) is 0 Å². The minimum atomic E-state index is -0.0366. The van der Waals surface area contributed by atoms with Crippen LogP contribution in [0.25, 0.3) is 0 Å². The number of nitrogens with zero attached hydrogens (tertiary/aromatic N) is 2. The van der Waals surface area contributed by atoms with Crippen LogP contribution in [0.2, 0.25) is 0 Å². The van der Waals surface area contributed by atoms with Gasteiger partial charge in [-0.05, 0) is 19.5 Å². The number of hydrogen-bond donors (Lipinski definition) is 1. The predicted molar refractivity (Wildman–Crippen MR) is 86.4 cm³/mol. The largest absolute Gasteiger partial charge is 0.355 e. The maximum Gasteiger partial charge on any atom is 0.224 e. The highest BCUT2D eigenvalue weighted by atomic mass is 16.2. The summed E-state index contributed by atoms with van der Waals surface area (Å²) in [6.07, 6.45) is 0.731. The van der Waals surface area contributed by atoms with Gasteiger partial charge in [-0.1, -0.05) is 30.3 Å². The van der Waals surface area contributed by atoms with Gasteiger partial charge in [0.2, 0.25) is 11.8 Å². The number of likely N-dealkylation sites (tertiary alicyclic amines) is 1. The van der Waals surface area contributed by atoms with Crippen molar-refractivity contribution in [2.75, 3.05) is 33.2 Å². The van der Waals surface area contributed by atoms with Crippen molar-refractivity contribution in [3.63, 3.8) is 0 Å². The molecule has 1 aromatic rings. The topological polar surface area (TPSA) is 52.7 Å². The highest BCUT2D eigenvalue weighted by Gasteiger charge is 2.30. The Bertz CT molecular complexity index is 498. The number of benzene rings is 1. The molecule has 2 rings (SSSR count). The summed E-state index contributed by atoms with van der Waals surface area (Å²) in [5.74, 6) is 0.0889. The van der Waals surface area contributed by atoms with Crippen molar-refractivity contribution in [2.24, 2.45) is 0 Å². The lowest BCUT2D eigenvalue weighted by Crippen LogP contribution is -2.59. The average Bonchev–Trinajstić information content (AvgIpc) is 2.47. The van der Waals surface area contributed by atoms with Crippen molar-refractivity contribution >= 4 is 11.8 Å². The lowest BCUT2D eigenvalue weighted by Gasteiger charge is -2.43. The van der Waals surface area contributed by atoms with E-state index in [2.05, 4.69) is 17.3 Å². The third-order valence-corrected chi connectivity index (χ3v) is 4.02. The van der Waals surface area contributed by atoms with E-state index in [0.29, 0.717) is 25.4 Å². The first kappa shape index (κ1) is 16.5. The van der Waals surface area contributed by atoms with Gasteiger partial charge in [-0.3, -0.25) is 9.59 Å². The van der Waals surface area contributed by atoms with Gasteiger partial charge in [0, 0.05) is 32.6 Å². The number of hydrogen-bond acceptors (Lipinski definition) is 3. The second-order valence-electron chi connectivity index (χ2n) is 5.82. The number of carbonyl (C=O) groups is 2. The van der Waals surface area contributed by atoms with Crippen molar-refractivity contribution in [3.8, 4) is 0 Å². The van der Waals surface area contributed by atoms with Crippen LogP contribution >= 0.6 is 0 Å². The zero-order valence-electron chi connectivity index (χ0n) is 13.4. The molecule has 0 radical (unpaired) electrons. The summed E-state index contributed by atoms with van der Waals surface area (Å²) in [6.45, 7) is 5.03. The Morgan fingerprint density at radius 1 is 1.27 bits per heavy atom. The van der Waals surface area contributed by atoms with Gasteiger partial charge in [-0.15, -0.1) is 0 Å². The monoisotopic (exact) mass is 303 g/mol. The molecule has 0 atom stereocenters. The van der Waals surface area contributed by atoms with E-state index in [1.54, 1.807) is 0 Å². The van der Waals surface area contributed by atoms with E-state index in [-0.39, 0.29) is 11.8 Å². The van der Waals surface area contributed by atoms with E-state index in [9.17, 15) is 9.59 Å². The Labute approximate surface area is 132 Å². The van der Waals surface area contributed by atoms with Crippen molar-refractivity contribution in [2.45, 2.75) is 25.8 Å². The normalized spacial score (nSPS) is 15.2. The second kappa shape index (κ2) is 7.94. The third kappa shape index (κ3) is 4.56. The molecule has 1 aliphatic rings. The van der Waals surface area contributed by atoms with Gasteiger partial charge in [0.1, 0.15) is 0 Å². The Balaban J connectivity index is 1.68. The summed E-state index contributed by atoms with van der Waals surface area (Å²) in [4.78, 5) is 28.2. The summed E-state index contributed by atoms with van der Waals surface area (Å²) in [5.41, 5.74) is 0.985. The molecule has 0 bridgehead atoms. The summed E-state index contributed by atoms with van der Waals surface area (Å²) in [5, 5.41) is 2.83. The first-order valence-electron chi connectivity index (χ1n) is 7.88. The van der Waals surface area contributed by atoms with Gasteiger partial charge in [0.05, 0.1) is 12.5 Å². The molecular weight excluding hydrogens is 278 g/mol. The van der Waals surface area contributed by atoms with Gasteiger partial charge in [0.25, 0.3) is 0 Å². The van der Waals surface area contributed by atoms with Crippen LogP contribution in [0.15, 0.2) is 30.3 Å². The second-order valence-corrected chi connectivity index (χ2v) is 5.82. The first-order chi connectivity index (χ1) is 10.6. The van der Waals surface area contributed by atoms with E-state index >= 15 is 0 Å². The van der Waals surface area contributed by atoms with Gasteiger partial charge in [0.15, 0.2) is 0 Å². The smallest absolute Gasteiger partial charge is 0.224 e. The van der Waals surface area contributed by atoms with Gasteiger partial charge in [-0.25, -0.2) is 0 Å². The van der Waals surface area contributed by atoms with E-state index < -0.39 is 0 Å². The van der Waals surface area contributed by atoms with Gasteiger partial charge in [-0.2, -0.15) is 0 Å². The fourth-order valence-corrected chi connectivity index (χ4v) is 2.80. The maximum absolute atomic E-state index is 12.2. The summed E-state index contributed by atoms with van der Waals surface area (Å²) in [6, 6.07) is 9.95. The summed E-state index contributed by atoms with van der Waals surface area (Å²) >= 11 is 0. The van der Waals surface area contributed by atoms with Crippen LogP contribution in [0.5, 0.6) is 0 Å². The zero-order chi connectivity index (χ0) is 15.9. The lowest BCUT2D eigenvalue weighted by molar-refractivity contribution is -0.136. The fourth-order valence-electron chi connectivity index (χ4n) is 2.80. The van der Waals surface area contributed by atoms with Crippen molar-refractivity contribution in [3.05, 3.63) is 35.9 Å². The standard InChI is InChI=1S/C17H25N3O2/c1-3-20(15-12-19(2)13-15)17(22)9-10-18-16(21)11-14-7-5-4-6-8-14/h4-8,15H,3,9-13H2,1-2H3,(H,18,21). The molecule has 1 aliphatic heterocycles. The molecule has 0 aromatic heterocycles. The molecule has 0 spiro atoms. The average molecular weight is 303 g/mol. The van der Waals surface area contributed by atoms with E-state index in [1.165, 1.54) is 0 Å². The molecule has 1 aromatic carbocycles. The van der Waals surface area contributed by atoms with Crippen LogP contribution in [-0.2, 0) is 16.0 Å². The first-order valence-corrected chi connectivity index (χ1v) is 7.88. The van der Waals surface area contributed by atoms with Crippen LogP contribution < -0.4 is 5.32 Å². The molecule has 22 heavy (non-hydrogen) atoms. The molecule has 1 heterocycles. The molecule has 1 saturated heterocycles. The van der Waals surface area contributed by atoms with Gasteiger partial charge < -0.3 is 15.1 Å². The van der Waals surface area contributed by atoms with E-state index in [0.717, 1.165) is 25.2 Å². The minimum Gasteiger partial charge on any atom is -0.355 e. The number of likely N-dealkylation sites (N-methyl/N-ethyl adjacent to an activating group) is 2. The Morgan fingerprint density at radius 3 is 2.55 bits per heavy atom. The van der Waals surface area contributed by atoms with Crippen LogP contribution in [0.3, 0.4) is 0 Å². The molecule has 5 nitrogen and oxygen atoms in total. The fraction of sp³-hybridized carbons (Fsp3) is 0.529. The van der Waals surface area contributed by atoms with Crippen molar-refractivity contribution in [1.82, 2.24) is 15.1 Å². The summed E-state index contributed by atoms with van der Waals surface area (Å²) < 4.78 is 0. The Kier molecular flexibility index (Phi) is 5.95. The molecule has 1 N–H and O–H groups in total. The molecule has 120 valence electrons. The molecule has 0 unspecified atom stereocenters. The molecule has 2 amide bonds. The zero-order valence-corrected chi connectivity index (χ0v) is 13.4. The third-order valence-electron chi connectivity index (χ3n) is 4.02. The lowest BCUT2D eigenvalue weighted by atomic mass is 10.1. The highest BCUT2D eigenvalue weighted by molar-refractivity contribution is 5.80. The molecule has 0 saturated carbocycles. The molecule has 0 aliphatic carbocycles. The van der Waals surface area contributed by atoms with Crippen LogP contribution in [0, 0.1) is 0 Å². The number of carbonyl (C=O) groups excluding carboxylic acids is 2. The highest BCUT2D eigenvalue weighted by Crippen LogP contribution is 2.13. The van der Waals surface area contributed by atoms with E-state index in [1.807, 2.05) is 42.2 Å². The molecular formula is C17H25N3O2. The molecule has 5 heteroatoms.